The third-order valence-electron chi connectivity index (χ3n) is 2.53. The molecule has 0 atom stereocenters. The lowest BCUT2D eigenvalue weighted by atomic mass is 10.2. The predicted molar refractivity (Wildman–Crippen MR) is 66.9 cm³/mol. The van der Waals surface area contributed by atoms with Crippen LogP contribution in [-0.2, 0) is 12.7 Å². The smallest absolute Gasteiger partial charge is 0.340 e. The van der Waals surface area contributed by atoms with Crippen molar-refractivity contribution in [2.24, 2.45) is 5.73 Å². The first-order chi connectivity index (χ1) is 8.99. The van der Waals surface area contributed by atoms with Gasteiger partial charge < -0.3 is 11.1 Å². The Morgan fingerprint density at radius 2 is 1.95 bits per heavy atom. The van der Waals surface area contributed by atoms with Crippen LogP contribution in [0.3, 0.4) is 0 Å². The lowest BCUT2D eigenvalue weighted by Gasteiger charge is -2.09. The van der Waals surface area contributed by atoms with Crippen molar-refractivity contribution < 1.29 is 13.2 Å². The maximum absolute atomic E-state index is 12.4. The number of rotatable bonds is 3. The summed E-state index contributed by atoms with van der Waals surface area (Å²) in [5.74, 6) is 0.349. The second-order valence-electron chi connectivity index (χ2n) is 3.96. The minimum atomic E-state index is -4.37. The molecule has 0 radical (unpaired) electrons. The van der Waals surface area contributed by atoms with Crippen LogP contribution in [0.15, 0.2) is 42.6 Å². The maximum Gasteiger partial charge on any atom is 0.417 e. The zero-order valence-electron chi connectivity index (χ0n) is 9.91. The largest absolute Gasteiger partial charge is 0.417 e. The van der Waals surface area contributed by atoms with Crippen LogP contribution in [0, 0.1) is 0 Å². The zero-order valence-corrected chi connectivity index (χ0v) is 9.91. The number of benzene rings is 1. The summed E-state index contributed by atoms with van der Waals surface area (Å²) in [6.45, 7) is 0.399. The molecule has 2 rings (SSSR count). The number of hydrogen-bond donors (Lipinski definition) is 2. The highest BCUT2D eigenvalue weighted by atomic mass is 19.4. The van der Waals surface area contributed by atoms with Crippen molar-refractivity contribution in [3.05, 3.63) is 53.7 Å². The first-order valence-electron chi connectivity index (χ1n) is 5.58. The molecule has 0 saturated carbocycles. The van der Waals surface area contributed by atoms with Crippen LogP contribution < -0.4 is 11.1 Å². The molecule has 0 aliphatic heterocycles. The fraction of sp³-hybridized carbons (Fsp3) is 0.154. The topological polar surface area (TPSA) is 50.9 Å². The van der Waals surface area contributed by atoms with E-state index in [1.807, 2.05) is 18.2 Å². The molecule has 1 heterocycles. The van der Waals surface area contributed by atoms with Crippen molar-refractivity contribution in [2.75, 3.05) is 5.32 Å². The molecule has 0 saturated heterocycles. The SMILES string of the molecule is NCc1cccc(Nc2ccc(C(F)(F)F)cn2)c1. The summed E-state index contributed by atoms with van der Waals surface area (Å²) in [6, 6.07) is 9.57. The Labute approximate surface area is 108 Å². The first kappa shape index (κ1) is 13.4. The molecule has 100 valence electrons. The number of halogens is 3. The Bertz CT molecular complexity index is 550. The molecule has 0 aliphatic rings. The molecule has 2 aromatic rings. The molecule has 0 amide bonds. The third-order valence-corrected chi connectivity index (χ3v) is 2.53. The Morgan fingerprint density at radius 3 is 2.53 bits per heavy atom. The van der Waals surface area contributed by atoms with Crippen molar-refractivity contribution in [3.63, 3.8) is 0 Å². The molecule has 0 fully saturated rings. The van der Waals surface area contributed by atoms with Crippen molar-refractivity contribution >= 4 is 11.5 Å². The number of anilines is 2. The molecule has 3 N–H and O–H groups in total. The van der Waals surface area contributed by atoms with Gasteiger partial charge in [0.05, 0.1) is 5.56 Å². The Hall–Kier alpha value is -2.08. The number of aromatic nitrogens is 1. The summed E-state index contributed by atoms with van der Waals surface area (Å²) in [6.07, 6.45) is -3.57. The lowest BCUT2D eigenvalue weighted by Crippen LogP contribution is -2.06. The number of nitrogens with zero attached hydrogens (tertiary/aromatic N) is 1. The zero-order chi connectivity index (χ0) is 13.9. The van der Waals surface area contributed by atoms with Gasteiger partial charge in [-0.3, -0.25) is 0 Å². The van der Waals surface area contributed by atoms with Gasteiger partial charge in [-0.15, -0.1) is 0 Å². The summed E-state index contributed by atoms with van der Waals surface area (Å²) in [4.78, 5) is 3.73. The van der Waals surface area contributed by atoms with Crippen LogP contribution in [0.1, 0.15) is 11.1 Å². The summed E-state index contributed by atoms with van der Waals surface area (Å²) >= 11 is 0. The average Bonchev–Trinajstić information content (AvgIpc) is 2.38. The molecule has 3 nitrogen and oxygen atoms in total. The molecule has 6 heteroatoms. The van der Waals surface area contributed by atoms with Crippen LogP contribution in [0.25, 0.3) is 0 Å². The summed E-state index contributed by atoms with van der Waals surface area (Å²) < 4.78 is 37.1. The molecule has 0 spiro atoms. The van der Waals surface area contributed by atoms with Gasteiger partial charge in [0.2, 0.25) is 0 Å². The highest BCUT2D eigenvalue weighted by molar-refractivity contribution is 5.57. The van der Waals surface area contributed by atoms with Gasteiger partial charge in [0.25, 0.3) is 0 Å². The van der Waals surface area contributed by atoms with E-state index in [1.54, 1.807) is 6.07 Å². The number of alkyl halides is 3. The Morgan fingerprint density at radius 1 is 1.16 bits per heavy atom. The number of nitrogens with one attached hydrogen (secondary N) is 1. The summed E-state index contributed by atoms with van der Waals surface area (Å²) in [5, 5.41) is 2.92. The minimum Gasteiger partial charge on any atom is -0.340 e. The van der Waals surface area contributed by atoms with E-state index >= 15 is 0 Å². The highest BCUT2D eigenvalue weighted by Crippen LogP contribution is 2.29. The molecule has 1 aromatic heterocycles. The number of nitrogens with two attached hydrogens (primary N) is 1. The number of pyridine rings is 1. The highest BCUT2D eigenvalue weighted by Gasteiger charge is 2.30. The quantitative estimate of drug-likeness (QED) is 0.897. The van der Waals surface area contributed by atoms with Crippen LogP contribution in [0.4, 0.5) is 24.7 Å². The third kappa shape index (κ3) is 3.45. The van der Waals surface area contributed by atoms with E-state index in [2.05, 4.69) is 10.3 Å². The normalized spacial score (nSPS) is 11.4. The van der Waals surface area contributed by atoms with Gasteiger partial charge in [-0.05, 0) is 29.8 Å². The standard InChI is InChI=1S/C13H12F3N3/c14-13(15,16)10-4-5-12(18-8-10)19-11-3-1-2-9(6-11)7-17/h1-6,8H,7,17H2,(H,18,19). The molecular weight excluding hydrogens is 255 g/mol. The van der Waals surface area contributed by atoms with Crippen LogP contribution in [0.2, 0.25) is 0 Å². The minimum absolute atomic E-state index is 0.349. The molecule has 19 heavy (non-hydrogen) atoms. The van der Waals surface area contributed by atoms with E-state index in [4.69, 9.17) is 5.73 Å². The van der Waals surface area contributed by atoms with Gasteiger partial charge in [-0.25, -0.2) is 4.98 Å². The van der Waals surface area contributed by atoms with E-state index in [9.17, 15) is 13.2 Å². The second kappa shape index (κ2) is 5.27. The van der Waals surface area contributed by atoms with E-state index in [1.165, 1.54) is 6.07 Å². The van der Waals surface area contributed by atoms with E-state index in [0.717, 1.165) is 23.5 Å². The van der Waals surface area contributed by atoms with Gasteiger partial charge in [-0.1, -0.05) is 12.1 Å². The Kier molecular flexibility index (Phi) is 3.71. The predicted octanol–water partition coefficient (Wildman–Crippen LogP) is 3.30. The van der Waals surface area contributed by atoms with Gasteiger partial charge in [0.1, 0.15) is 5.82 Å². The molecule has 1 aromatic carbocycles. The molecule has 0 bridgehead atoms. The fourth-order valence-electron chi connectivity index (χ4n) is 1.56. The molecule has 0 unspecified atom stereocenters. The molecule has 0 aliphatic carbocycles. The fourth-order valence-corrected chi connectivity index (χ4v) is 1.56. The summed E-state index contributed by atoms with van der Waals surface area (Å²) in [5.41, 5.74) is 6.40. The molecular formula is C13H12F3N3. The van der Waals surface area contributed by atoms with Crippen molar-refractivity contribution in [1.82, 2.24) is 4.98 Å². The van der Waals surface area contributed by atoms with Gasteiger partial charge >= 0.3 is 6.18 Å². The first-order valence-corrected chi connectivity index (χ1v) is 5.58. The van der Waals surface area contributed by atoms with Gasteiger partial charge in [0.15, 0.2) is 0 Å². The maximum atomic E-state index is 12.4. The van der Waals surface area contributed by atoms with E-state index < -0.39 is 11.7 Å². The van der Waals surface area contributed by atoms with E-state index in [0.29, 0.717) is 12.4 Å². The van der Waals surface area contributed by atoms with E-state index in [-0.39, 0.29) is 0 Å². The van der Waals surface area contributed by atoms with Crippen LogP contribution >= 0.6 is 0 Å². The number of hydrogen-bond acceptors (Lipinski definition) is 3. The van der Waals surface area contributed by atoms with Crippen molar-refractivity contribution in [2.45, 2.75) is 12.7 Å². The van der Waals surface area contributed by atoms with Crippen LogP contribution in [0.5, 0.6) is 0 Å². The van der Waals surface area contributed by atoms with Gasteiger partial charge in [0, 0.05) is 18.4 Å². The van der Waals surface area contributed by atoms with Crippen molar-refractivity contribution in [1.29, 1.82) is 0 Å². The Balaban J connectivity index is 2.15. The second-order valence-corrected chi connectivity index (χ2v) is 3.96. The van der Waals surface area contributed by atoms with Gasteiger partial charge in [-0.2, -0.15) is 13.2 Å². The van der Waals surface area contributed by atoms with Crippen molar-refractivity contribution in [3.8, 4) is 0 Å². The summed E-state index contributed by atoms with van der Waals surface area (Å²) in [7, 11) is 0. The average molecular weight is 267 g/mol. The lowest BCUT2D eigenvalue weighted by molar-refractivity contribution is -0.137. The monoisotopic (exact) mass is 267 g/mol. The van der Waals surface area contributed by atoms with Crippen LogP contribution in [-0.4, -0.2) is 4.98 Å².